The molecule has 0 radical (unpaired) electrons. The average Bonchev–Trinajstić information content (AvgIpc) is 2.92. The highest BCUT2D eigenvalue weighted by atomic mass is 35.5. The quantitative estimate of drug-likeness (QED) is 0.329. The maximum Gasteiger partial charge on any atom is 0.264 e. The van der Waals surface area contributed by atoms with Crippen LogP contribution < -0.4 is 9.62 Å². The van der Waals surface area contributed by atoms with Crippen LogP contribution in [0.2, 0.25) is 5.02 Å². The Hall–Kier alpha value is -3.36. The lowest BCUT2D eigenvalue weighted by atomic mass is 10.0. The van der Waals surface area contributed by atoms with E-state index in [0.29, 0.717) is 17.1 Å². The van der Waals surface area contributed by atoms with Crippen molar-refractivity contribution in [2.24, 2.45) is 0 Å². The molecule has 3 aromatic carbocycles. The van der Waals surface area contributed by atoms with Gasteiger partial charge in [0.15, 0.2) is 0 Å². The minimum absolute atomic E-state index is 0.0800. The van der Waals surface area contributed by atoms with E-state index in [4.69, 9.17) is 11.6 Å². The van der Waals surface area contributed by atoms with Crippen molar-refractivity contribution < 1.29 is 18.0 Å². The number of rotatable bonds is 11. The van der Waals surface area contributed by atoms with Gasteiger partial charge in [0.05, 0.1) is 10.6 Å². The highest BCUT2D eigenvalue weighted by Crippen LogP contribution is 2.27. The SMILES string of the molecule is CC[C@@H](C(=O)NC)N(Cc1ccc(Cl)cc1)C(=O)CN(c1ccc(C(C)C)cc1)S(=O)(=O)c1ccc(C)cc1. The van der Waals surface area contributed by atoms with E-state index < -0.39 is 28.5 Å². The normalized spacial score (nSPS) is 12.2. The maximum atomic E-state index is 13.9. The number of carbonyl (C=O) groups is 2. The van der Waals surface area contributed by atoms with Crippen molar-refractivity contribution in [1.29, 1.82) is 0 Å². The lowest BCUT2D eigenvalue weighted by Gasteiger charge is -2.33. The molecule has 1 atom stereocenters. The molecule has 0 unspecified atom stereocenters. The van der Waals surface area contributed by atoms with Crippen molar-refractivity contribution >= 4 is 39.1 Å². The fourth-order valence-corrected chi connectivity index (χ4v) is 5.80. The van der Waals surface area contributed by atoms with E-state index in [1.807, 2.05) is 26.0 Å². The minimum Gasteiger partial charge on any atom is -0.357 e. The summed E-state index contributed by atoms with van der Waals surface area (Å²) in [7, 11) is -2.59. The average molecular weight is 570 g/mol. The van der Waals surface area contributed by atoms with Crippen molar-refractivity contribution in [2.75, 3.05) is 17.9 Å². The second-order valence-corrected chi connectivity index (χ2v) is 12.1. The molecule has 2 amide bonds. The van der Waals surface area contributed by atoms with Crippen molar-refractivity contribution in [3.63, 3.8) is 0 Å². The molecule has 0 saturated heterocycles. The predicted octanol–water partition coefficient (Wildman–Crippen LogP) is 5.52. The maximum absolute atomic E-state index is 13.9. The van der Waals surface area contributed by atoms with E-state index in [-0.39, 0.29) is 23.3 Å². The molecule has 0 fully saturated rings. The van der Waals surface area contributed by atoms with Gasteiger partial charge in [0, 0.05) is 18.6 Å². The number of amides is 2. The Labute approximate surface area is 236 Å². The van der Waals surface area contributed by atoms with Crippen molar-refractivity contribution in [3.05, 3.63) is 94.5 Å². The molecule has 208 valence electrons. The van der Waals surface area contributed by atoms with Crippen LogP contribution in [0.25, 0.3) is 0 Å². The third kappa shape index (κ3) is 7.40. The molecule has 0 aliphatic carbocycles. The van der Waals surface area contributed by atoms with Crippen molar-refractivity contribution in [2.45, 2.75) is 57.5 Å². The summed E-state index contributed by atoms with van der Waals surface area (Å²) in [6.45, 7) is 7.44. The predicted molar refractivity (Wildman–Crippen MR) is 156 cm³/mol. The molecular weight excluding hydrogens is 534 g/mol. The van der Waals surface area contributed by atoms with Crippen molar-refractivity contribution in [1.82, 2.24) is 10.2 Å². The summed E-state index contributed by atoms with van der Waals surface area (Å²) in [5, 5.41) is 3.17. The summed E-state index contributed by atoms with van der Waals surface area (Å²) < 4.78 is 28.9. The molecule has 0 aliphatic heterocycles. The van der Waals surface area contributed by atoms with Gasteiger partial charge in [-0.1, -0.05) is 74.3 Å². The molecule has 0 aromatic heterocycles. The van der Waals surface area contributed by atoms with Gasteiger partial charge < -0.3 is 10.2 Å². The second kappa shape index (κ2) is 13.1. The fraction of sp³-hybridized carbons (Fsp3) is 0.333. The largest absolute Gasteiger partial charge is 0.357 e. The second-order valence-electron chi connectivity index (χ2n) is 9.76. The third-order valence-corrected chi connectivity index (χ3v) is 8.67. The Balaban J connectivity index is 2.06. The van der Waals surface area contributed by atoms with Crippen LogP contribution in [-0.2, 0) is 26.2 Å². The Morgan fingerprint density at radius 3 is 2.03 bits per heavy atom. The van der Waals surface area contributed by atoms with Gasteiger partial charge in [-0.25, -0.2) is 8.42 Å². The first-order valence-electron chi connectivity index (χ1n) is 12.9. The van der Waals surface area contributed by atoms with E-state index in [0.717, 1.165) is 21.0 Å². The summed E-state index contributed by atoms with van der Waals surface area (Å²) in [5.74, 6) is -0.561. The van der Waals surface area contributed by atoms with Crippen molar-refractivity contribution in [3.8, 4) is 0 Å². The first kappa shape index (κ1) is 30.2. The molecule has 0 heterocycles. The van der Waals surface area contributed by atoms with Gasteiger partial charge in [-0.3, -0.25) is 13.9 Å². The van der Waals surface area contributed by atoms with E-state index in [2.05, 4.69) is 19.2 Å². The number of likely N-dealkylation sites (N-methyl/N-ethyl adjacent to an activating group) is 1. The lowest BCUT2D eigenvalue weighted by Crippen LogP contribution is -2.51. The number of nitrogens with zero attached hydrogens (tertiary/aromatic N) is 2. The summed E-state index contributed by atoms with van der Waals surface area (Å²) in [6, 6.07) is 19.9. The van der Waals surface area contributed by atoms with Crippen LogP contribution in [-0.4, -0.2) is 44.8 Å². The number of carbonyl (C=O) groups excluding carboxylic acids is 2. The molecule has 0 saturated carbocycles. The third-order valence-electron chi connectivity index (χ3n) is 6.63. The van der Waals surface area contributed by atoms with Gasteiger partial charge in [0.1, 0.15) is 12.6 Å². The molecule has 0 bridgehead atoms. The molecule has 0 spiro atoms. The number of hydrogen-bond acceptors (Lipinski definition) is 4. The Morgan fingerprint density at radius 2 is 1.51 bits per heavy atom. The summed E-state index contributed by atoms with van der Waals surface area (Å²) in [4.78, 5) is 28.2. The van der Waals surface area contributed by atoms with Crippen LogP contribution in [0.15, 0.2) is 77.7 Å². The van der Waals surface area contributed by atoms with E-state index in [9.17, 15) is 18.0 Å². The van der Waals surface area contributed by atoms with Crippen LogP contribution in [0.1, 0.15) is 49.8 Å². The molecular formula is C30H36ClN3O4S. The monoisotopic (exact) mass is 569 g/mol. The summed E-state index contributed by atoms with van der Waals surface area (Å²) in [5.41, 5.74) is 3.10. The van der Waals surface area contributed by atoms with Crippen LogP contribution in [0.3, 0.4) is 0 Å². The molecule has 1 N–H and O–H groups in total. The standard InChI is InChI=1S/C30H36ClN3O4S/c1-6-28(30(36)32-5)33(19-23-9-13-25(31)14-10-23)29(35)20-34(26-15-11-24(12-16-26)21(2)3)39(37,38)27-17-7-22(4)8-18-27/h7-18,21,28H,6,19-20H2,1-5H3,(H,32,36)/t28-/m0/s1. The fourth-order valence-electron chi connectivity index (χ4n) is 4.26. The number of aryl methyl sites for hydroxylation is 1. The van der Waals surface area contributed by atoms with Crippen LogP contribution in [0, 0.1) is 6.92 Å². The smallest absolute Gasteiger partial charge is 0.264 e. The number of anilines is 1. The van der Waals surface area contributed by atoms with Gasteiger partial charge in [-0.05, 0) is 66.8 Å². The van der Waals surface area contributed by atoms with Crippen LogP contribution >= 0.6 is 11.6 Å². The number of sulfonamides is 1. The zero-order valence-electron chi connectivity index (χ0n) is 23.0. The molecule has 7 nitrogen and oxygen atoms in total. The van der Waals surface area contributed by atoms with Gasteiger partial charge in [-0.2, -0.15) is 0 Å². The Bertz CT molecular complexity index is 1370. The number of halogens is 1. The number of nitrogens with one attached hydrogen (secondary N) is 1. The zero-order valence-corrected chi connectivity index (χ0v) is 24.6. The van der Waals surface area contributed by atoms with Gasteiger partial charge in [0.25, 0.3) is 10.0 Å². The number of hydrogen-bond donors (Lipinski definition) is 1. The molecule has 3 aromatic rings. The lowest BCUT2D eigenvalue weighted by molar-refractivity contribution is -0.140. The number of benzene rings is 3. The van der Waals surface area contributed by atoms with Crippen LogP contribution in [0.4, 0.5) is 5.69 Å². The first-order chi connectivity index (χ1) is 18.5. The van der Waals surface area contributed by atoms with Crippen LogP contribution in [0.5, 0.6) is 0 Å². The van der Waals surface area contributed by atoms with Gasteiger partial charge in [-0.15, -0.1) is 0 Å². The van der Waals surface area contributed by atoms with E-state index in [1.54, 1.807) is 48.5 Å². The van der Waals surface area contributed by atoms with E-state index >= 15 is 0 Å². The van der Waals surface area contributed by atoms with Gasteiger partial charge in [0.2, 0.25) is 11.8 Å². The molecule has 9 heteroatoms. The highest BCUT2D eigenvalue weighted by Gasteiger charge is 2.33. The minimum atomic E-state index is -4.10. The first-order valence-corrected chi connectivity index (χ1v) is 14.7. The van der Waals surface area contributed by atoms with Gasteiger partial charge >= 0.3 is 0 Å². The molecule has 0 aliphatic rings. The summed E-state index contributed by atoms with van der Waals surface area (Å²) >= 11 is 6.04. The van der Waals surface area contributed by atoms with E-state index in [1.165, 1.54) is 24.1 Å². The topological polar surface area (TPSA) is 86.8 Å². The summed E-state index contributed by atoms with van der Waals surface area (Å²) in [6.07, 6.45) is 0.354. The molecule has 39 heavy (non-hydrogen) atoms. The Morgan fingerprint density at radius 1 is 0.923 bits per heavy atom. The zero-order chi connectivity index (χ0) is 28.7. The molecule has 3 rings (SSSR count). The highest BCUT2D eigenvalue weighted by molar-refractivity contribution is 7.92. The Kier molecular flexibility index (Phi) is 10.2.